The number of fused-ring (bicyclic) bond motifs is 1. The van der Waals surface area contributed by atoms with Crippen molar-refractivity contribution in [3.8, 4) is 0 Å². The van der Waals surface area contributed by atoms with Crippen molar-refractivity contribution in [1.82, 2.24) is 0 Å². The Bertz CT molecular complexity index is 402. The Kier molecular flexibility index (Phi) is 2.10. The van der Waals surface area contributed by atoms with Crippen LogP contribution in [0.25, 0.3) is 0 Å². The summed E-state index contributed by atoms with van der Waals surface area (Å²) in [4.78, 5) is 1.89. The van der Waals surface area contributed by atoms with Crippen molar-refractivity contribution in [2.75, 3.05) is 23.8 Å². The molecule has 0 saturated carbocycles. The molecule has 0 spiro atoms. The van der Waals surface area contributed by atoms with Gasteiger partial charge in [-0.2, -0.15) is 0 Å². The zero-order valence-corrected chi connectivity index (χ0v) is 9.06. The average molecular weight is 212 g/mol. The molecule has 1 aliphatic heterocycles. The minimum Gasteiger partial charge on any atom is -0.379 e. The lowest BCUT2D eigenvalue weighted by Crippen LogP contribution is -2.50. The van der Waals surface area contributed by atoms with Crippen LogP contribution in [-0.4, -0.2) is 19.1 Å². The number of hydrogen-bond acceptors (Lipinski definition) is 2. The van der Waals surface area contributed by atoms with E-state index in [9.17, 15) is 8.78 Å². The third-order valence-corrected chi connectivity index (χ3v) is 3.00. The fraction of sp³-hybridized carbons (Fsp3) is 0.455. The van der Waals surface area contributed by atoms with Gasteiger partial charge in [0.2, 0.25) is 0 Å². The average Bonchev–Trinajstić information content (AvgIpc) is 2.12. The van der Waals surface area contributed by atoms with E-state index >= 15 is 0 Å². The molecule has 0 bridgehead atoms. The summed E-state index contributed by atoms with van der Waals surface area (Å²) in [6.45, 7) is 4.68. The second kappa shape index (κ2) is 3.08. The molecule has 0 radical (unpaired) electrons. The summed E-state index contributed by atoms with van der Waals surface area (Å²) in [5.74, 6) is -1.08. The van der Waals surface area contributed by atoms with Crippen LogP contribution in [0.1, 0.15) is 13.8 Å². The van der Waals surface area contributed by atoms with Gasteiger partial charge < -0.3 is 10.2 Å². The van der Waals surface area contributed by atoms with Crippen molar-refractivity contribution in [2.24, 2.45) is 0 Å². The van der Waals surface area contributed by atoms with Gasteiger partial charge in [-0.3, -0.25) is 0 Å². The summed E-state index contributed by atoms with van der Waals surface area (Å²) in [5.41, 5.74) is 0.815. The minimum atomic E-state index is -0.544. The van der Waals surface area contributed by atoms with E-state index < -0.39 is 11.6 Å². The van der Waals surface area contributed by atoms with Crippen molar-refractivity contribution in [2.45, 2.75) is 19.4 Å². The fourth-order valence-corrected chi connectivity index (χ4v) is 1.75. The van der Waals surface area contributed by atoms with E-state index in [0.717, 1.165) is 6.07 Å². The standard InChI is InChI=1S/C11H14F2N2/c1-11(2)6-14-10-8(13)4-7(12)5-9(10)15(11)3/h4-5,14H,6H2,1-3H3. The first-order chi connectivity index (χ1) is 6.92. The molecule has 0 saturated heterocycles. The number of halogens is 2. The van der Waals surface area contributed by atoms with Gasteiger partial charge >= 0.3 is 0 Å². The molecular weight excluding hydrogens is 198 g/mol. The number of nitrogens with one attached hydrogen (secondary N) is 1. The van der Waals surface area contributed by atoms with Crippen molar-refractivity contribution in [3.63, 3.8) is 0 Å². The molecule has 0 amide bonds. The number of anilines is 2. The molecule has 1 N–H and O–H groups in total. The number of nitrogens with zero attached hydrogens (tertiary/aromatic N) is 1. The van der Waals surface area contributed by atoms with Crippen LogP contribution in [0, 0.1) is 11.6 Å². The number of benzene rings is 1. The summed E-state index contributed by atoms with van der Waals surface area (Å²) in [7, 11) is 1.85. The van der Waals surface area contributed by atoms with E-state index in [4.69, 9.17) is 0 Å². The zero-order chi connectivity index (χ0) is 11.2. The van der Waals surface area contributed by atoms with E-state index in [1.165, 1.54) is 6.07 Å². The molecule has 1 aliphatic rings. The molecule has 1 heterocycles. The fourth-order valence-electron chi connectivity index (χ4n) is 1.75. The maximum absolute atomic E-state index is 13.4. The predicted molar refractivity (Wildman–Crippen MR) is 57.3 cm³/mol. The first-order valence-electron chi connectivity index (χ1n) is 4.88. The van der Waals surface area contributed by atoms with Crippen LogP contribution in [0.2, 0.25) is 0 Å². The summed E-state index contributed by atoms with van der Waals surface area (Å²) < 4.78 is 26.5. The van der Waals surface area contributed by atoms with E-state index in [-0.39, 0.29) is 5.54 Å². The van der Waals surface area contributed by atoms with Gasteiger partial charge in [0.15, 0.2) is 5.82 Å². The molecule has 0 atom stereocenters. The Hall–Kier alpha value is -1.32. The Morgan fingerprint density at radius 1 is 1.33 bits per heavy atom. The zero-order valence-electron chi connectivity index (χ0n) is 9.06. The Morgan fingerprint density at radius 2 is 2.00 bits per heavy atom. The SMILES string of the molecule is CN1c2cc(F)cc(F)c2NCC1(C)C. The molecular formula is C11H14F2N2. The van der Waals surface area contributed by atoms with E-state index in [1.54, 1.807) is 0 Å². The summed E-state index contributed by atoms with van der Waals surface area (Å²) in [5, 5.41) is 3.00. The maximum atomic E-state index is 13.4. The van der Waals surface area contributed by atoms with Gasteiger partial charge in [0, 0.05) is 19.7 Å². The second-order valence-electron chi connectivity index (χ2n) is 4.51. The monoisotopic (exact) mass is 212 g/mol. The van der Waals surface area contributed by atoms with Crippen LogP contribution < -0.4 is 10.2 Å². The first-order valence-corrected chi connectivity index (χ1v) is 4.88. The number of rotatable bonds is 0. The molecule has 4 heteroatoms. The van der Waals surface area contributed by atoms with Crippen LogP contribution in [0.4, 0.5) is 20.2 Å². The number of likely N-dealkylation sites (N-methyl/N-ethyl adjacent to an activating group) is 1. The van der Waals surface area contributed by atoms with Crippen molar-refractivity contribution in [1.29, 1.82) is 0 Å². The molecule has 1 aromatic carbocycles. The highest BCUT2D eigenvalue weighted by Crippen LogP contribution is 2.37. The molecule has 82 valence electrons. The minimum absolute atomic E-state index is 0.146. The molecule has 0 unspecified atom stereocenters. The van der Waals surface area contributed by atoms with Gasteiger partial charge in [0.1, 0.15) is 5.82 Å². The second-order valence-corrected chi connectivity index (χ2v) is 4.51. The Balaban J connectivity index is 2.56. The van der Waals surface area contributed by atoms with Crippen molar-refractivity contribution < 1.29 is 8.78 Å². The van der Waals surface area contributed by atoms with Crippen molar-refractivity contribution >= 4 is 11.4 Å². The molecule has 0 aromatic heterocycles. The van der Waals surface area contributed by atoms with Gasteiger partial charge in [-0.25, -0.2) is 8.78 Å². The number of hydrogen-bond donors (Lipinski definition) is 1. The van der Waals surface area contributed by atoms with Gasteiger partial charge in [0.05, 0.1) is 16.9 Å². The summed E-state index contributed by atoms with van der Waals surface area (Å²) >= 11 is 0. The molecule has 0 fully saturated rings. The Morgan fingerprint density at radius 3 is 2.67 bits per heavy atom. The van der Waals surface area contributed by atoms with Crippen LogP contribution in [-0.2, 0) is 0 Å². The predicted octanol–water partition coefficient (Wildman–Crippen LogP) is 2.61. The quantitative estimate of drug-likeness (QED) is 0.711. The van der Waals surface area contributed by atoms with E-state index in [1.807, 2.05) is 25.8 Å². The lowest BCUT2D eigenvalue weighted by molar-refractivity contribution is 0.493. The highest BCUT2D eigenvalue weighted by molar-refractivity contribution is 5.74. The van der Waals surface area contributed by atoms with Gasteiger partial charge in [0.25, 0.3) is 0 Å². The third kappa shape index (κ3) is 1.54. The normalized spacial score (nSPS) is 18.3. The van der Waals surface area contributed by atoms with Crippen LogP contribution in [0.3, 0.4) is 0 Å². The smallest absolute Gasteiger partial charge is 0.151 e. The van der Waals surface area contributed by atoms with Crippen LogP contribution >= 0.6 is 0 Å². The molecule has 2 nitrogen and oxygen atoms in total. The highest BCUT2D eigenvalue weighted by atomic mass is 19.1. The third-order valence-electron chi connectivity index (χ3n) is 3.00. The van der Waals surface area contributed by atoms with E-state index in [2.05, 4.69) is 5.32 Å². The Labute approximate surface area is 87.9 Å². The molecule has 1 aromatic rings. The summed E-state index contributed by atoms with van der Waals surface area (Å²) in [6.07, 6.45) is 0. The lowest BCUT2D eigenvalue weighted by atomic mass is 9.98. The lowest BCUT2D eigenvalue weighted by Gasteiger charge is -2.43. The van der Waals surface area contributed by atoms with E-state index in [0.29, 0.717) is 17.9 Å². The van der Waals surface area contributed by atoms with Crippen LogP contribution in [0.5, 0.6) is 0 Å². The van der Waals surface area contributed by atoms with Gasteiger partial charge in [-0.1, -0.05) is 0 Å². The topological polar surface area (TPSA) is 15.3 Å². The first kappa shape index (κ1) is 10.2. The van der Waals surface area contributed by atoms with Gasteiger partial charge in [-0.05, 0) is 19.9 Å². The molecule has 15 heavy (non-hydrogen) atoms. The molecule has 2 rings (SSSR count). The molecule has 0 aliphatic carbocycles. The van der Waals surface area contributed by atoms with Crippen molar-refractivity contribution in [3.05, 3.63) is 23.8 Å². The summed E-state index contributed by atoms with van der Waals surface area (Å²) in [6, 6.07) is 2.25. The van der Waals surface area contributed by atoms with Gasteiger partial charge in [-0.15, -0.1) is 0 Å². The highest BCUT2D eigenvalue weighted by Gasteiger charge is 2.31. The maximum Gasteiger partial charge on any atom is 0.151 e. The van der Waals surface area contributed by atoms with Crippen LogP contribution in [0.15, 0.2) is 12.1 Å². The largest absolute Gasteiger partial charge is 0.379 e.